The van der Waals surface area contributed by atoms with Crippen LogP contribution in [0.5, 0.6) is 5.75 Å². The van der Waals surface area contributed by atoms with Gasteiger partial charge in [0.15, 0.2) is 0 Å². The second-order valence-electron chi connectivity index (χ2n) is 5.54. The lowest BCUT2D eigenvalue weighted by Gasteiger charge is -2.18. The molecule has 23 heavy (non-hydrogen) atoms. The number of amides is 2. The quantitative estimate of drug-likeness (QED) is 0.794. The third-order valence-corrected chi connectivity index (χ3v) is 3.56. The Morgan fingerprint density at radius 1 is 1.09 bits per heavy atom. The molecule has 2 amide bonds. The highest BCUT2D eigenvalue weighted by Gasteiger charge is 2.07. The van der Waals surface area contributed by atoms with Gasteiger partial charge in [-0.1, -0.05) is 48.5 Å². The predicted molar refractivity (Wildman–Crippen MR) is 92.6 cm³/mol. The van der Waals surface area contributed by atoms with Crippen molar-refractivity contribution in [2.24, 2.45) is 0 Å². The number of hydrogen-bond acceptors (Lipinski definition) is 2. The number of benzene rings is 2. The highest BCUT2D eigenvalue weighted by Crippen LogP contribution is 2.15. The van der Waals surface area contributed by atoms with Crippen LogP contribution in [0.3, 0.4) is 0 Å². The fraction of sp³-hybridized carbons (Fsp3) is 0.316. The van der Waals surface area contributed by atoms with Gasteiger partial charge in [-0.2, -0.15) is 0 Å². The molecule has 0 bridgehead atoms. The molecule has 0 aliphatic heterocycles. The summed E-state index contributed by atoms with van der Waals surface area (Å²) >= 11 is 0. The number of hydrogen-bond donors (Lipinski definition) is 1. The molecule has 2 aromatic rings. The van der Waals surface area contributed by atoms with Gasteiger partial charge in [0.25, 0.3) is 0 Å². The Balaban J connectivity index is 1.64. The van der Waals surface area contributed by atoms with Crippen LogP contribution in [0.2, 0.25) is 0 Å². The summed E-state index contributed by atoms with van der Waals surface area (Å²) in [6.45, 7) is 3.82. The Bertz CT molecular complexity index is 614. The number of carbonyl (C=O) groups excluding carboxylic acids is 1. The minimum absolute atomic E-state index is 0.0651. The zero-order chi connectivity index (χ0) is 16.5. The zero-order valence-electron chi connectivity index (χ0n) is 13.8. The smallest absolute Gasteiger partial charge is 0.317 e. The van der Waals surface area contributed by atoms with E-state index in [-0.39, 0.29) is 6.03 Å². The van der Waals surface area contributed by atoms with Crippen molar-refractivity contribution in [1.29, 1.82) is 0 Å². The van der Waals surface area contributed by atoms with Gasteiger partial charge in [0.05, 0.1) is 6.61 Å². The normalized spacial score (nSPS) is 10.2. The van der Waals surface area contributed by atoms with Crippen molar-refractivity contribution < 1.29 is 9.53 Å². The molecule has 0 atom stereocenters. The minimum Gasteiger partial charge on any atom is -0.493 e. The van der Waals surface area contributed by atoms with Gasteiger partial charge in [-0.05, 0) is 30.5 Å². The lowest BCUT2D eigenvalue weighted by atomic mass is 10.2. The van der Waals surface area contributed by atoms with Gasteiger partial charge in [0.2, 0.25) is 0 Å². The third kappa shape index (κ3) is 5.66. The zero-order valence-corrected chi connectivity index (χ0v) is 13.8. The van der Waals surface area contributed by atoms with Gasteiger partial charge in [-0.15, -0.1) is 0 Å². The SMILES string of the molecule is Cc1ccccc1OCCCNC(=O)N(C)Cc1ccccc1. The number of para-hydroxylation sites is 1. The first-order valence-corrected chi connectivity index (χ1v) is 7.88. The number of nitrogens with one attached hydrogen (secondary N) is 1. The molecule has 0 fully saturated rings. The number of nitrogens with zero attached hydrogens (tertiary/aromatic N) is 1. The van der Waals surface area contributed by atoms with E-state index in [9.17, 15) is 4.79 Å². The molecule has 1 N–H and O–H groups in total. The molecular formula is C19H24N2O2. The van der Waals surface area contributed by atoms with Gasteiger partial charge < -0.3 is 15.0 Å². The summed E-state index contributed by atoms with van der Waals surface area (Å²) in [4.78, 5) is 13.7. The van der Waals surface area contributed by atoms with Crippen molar-refractivity contribution in [3.8, 4) is 5.75 Å². The molecule has 0 saturated heterocycles. The summed E-state index contributed by atoms with van der Waals surface area (Å²) in [6, 6.07) is 17.8. The Labute approximate surface area is 138 Å². The van der Waals surface area contributed by atoms with Crippen LogP contribution in [0.15, 0.2) is 54.6 Å². The van der Waals surface area contributed by atoms with Crippen LogP contribution in [-0.2, 0) is 6.54 Å². The van der Waals surface area contributed by atoms with Gasteiger partial charge in [0, 0.05) is 20.1 Å². The second kappa shape index (κ2) is 8.83. The fourth-order valence-electron chi connectivity index (χ4n) is 2.23. The molecule has 0 spiro atoms. The molecule has 4 nitrogen and oxygen atoms in total. The van der Waals surface area contributed by atoms with E-state index in [1.54, 1.807) is 11.9 Å². The van der Waals surface area contributed by atoms with E-state index in [2.05, 4.69) is 5.32 Å². The monoisotopic (exact) mass is 312 g/mol. The van der Waals surface area contributed by atoms with E-state index in [4.69, 9.17) is 4.74 Å². The Hall–Kier alpha value is -2.49. The first-order chi connectivity index (χ1) is 11.2. The molecular weight excluding hydrogens is 288 g/mol. The van der Waals surface area contributed by atoms with Crippen molar-refractivity contribution in [1.82, 2.24) is 10.2 Å². The number of urea groups is 1. The maximum absolute atomic E-state index is 12.0. The molecule has 2 aromatic carbocycles. The second-order valence-corrected chi connectivity index (χ2v) is 5.54. The minimum atomic E-state index is -0.0651. The van der Waals surface area contributed by atoms with Crippen LogP contribution >= 0.6 is 0 Å². The number of aryl methyl sites for hydroxylation is 1. The highest BCUT2D eigenvalue weighted by atomic mass is 16.5. The lowest BCUT2D eigenvalue weighted by molar-refractivity contribution is 0.205. The van der Waals surface area contributed by atoms with Gasteiger partial charge in [-0.3, -0.25) is 0 Å². The Kier molecular flexibility index (Phi) is 6.48. The maximum atomic E-state index is 12.0. The number of carbonyl (C=O) groups is 1. The molecule has 0 aromatic heterocycles. The summed E-state index contributed by atoms with van der Waals surface area (Å²) in [7, 11) is 1.80. The van der Waals surface area contributed by atoms with Crippen LogP contribution in [0, 0.1) is 6.92 Å². The van der Waals surface area contributed by atoms with Crippen LogP contribution in [0.1, 0.15) is 17.5 Å². The van der Waals surface area contributed by atoms with Crippen molar-refractivity contribution >= 4 is 6.03 Å². The molecule has 2 rings (SSSR count). The molecule has 0 unspecified atom stereocenters. The summed E-state index contributed by atoms with van der Waals surface area (Å²) in [6.07, 6.45) is 0.777. The highest BCUT2D eigenvalue weighted by molar-refractivity contribution is 5.73. The summed E-state index contributed by atoms with van der Waals surface area (Å²) in [5, 5.41) is 2.91. The van der Waals surface area contributed by atoms with E-state index >= 15 is 0 Å². The molecule has 0 aliphatic carbocycles. The van der Waals surface area contributed by atoms with Crippen molar-refractivity contribution in [3.05, 3.63) is 65.7 Å². The van der Waals surface area contributed by atoms with E-state index in [0.29, 0.717) is 19.7 Å². The molecule has 0 heterocycles. The van der Waals surface area contributed by atoms with Crippen LogP contribution in [0.4, 0.5) is 4.79 Å². The van der Waals surface area contributed by atoms with Crippen molar-refractivity contribution in [2.75, 3.05) is 20.2 Å². The average Bonchev–Trinajstić information content (AvgIpc) is 2.57. The van der Waals surface area contributed by atoms with E-state index in [1.165, 1.54) is 0 Å². The van der Waals surface area contributed by atoms with Crippen LogP contribution in [-0.4, -0.2) is 31.1 Å². The first-order valence-electron chi connectivity index (χ1n) is 7.88. The summed E-state index contributed by atoms with van der Waals surface area (Å²) < 4.78 is 5.71. The first kappa shape index (κ1) is 16.9. The molecule has 0 radical (unpaired) electrons. The molecule has 0 saturated carbocycles. The molecule has 0 aliphatic rings. The van der Waals surface area contributed by atoms with Gasteiger partial charge >= 0.3 is 6.03 Å². The van der Waals surface area contributed by atoms with Gasteiger partial charge in [-0.25, -0.2) is 4.79 Å². The molecule has 122 valence electrons. The van der Waals surface area contributed by atoms with E-state index in [1.807, 2.05) is 61.5 Å². The van der Waals surface area contributed by atoms with Gasteiger partial charge in [0.1, 0.15) is 5.75 Å². The van der Waals surface area contributed by atoms with Crippen molar-refractivity contribution in [3.63, 3.8) is 0 Å². The number of rotatable bonds is 7. The fourth-order valence-corrected chi connectivity index (χ4v) is 2.23. The maximum Gasteiger partial charge on any atom is 0.317 e. The topological polar surface area (TPSA) is 41.6 Å². The third-order valence-electron chi connectivity index (χ3n) is 3.56. The van der Waals surface area contributed by atoms with E-state index < -0.39 is 0 Å². The molecule has 4 heteroatoms. The predicted octanol–water partition coefficient (Wildman–Crippen LogP) is 3.61. The Morgan fingerprint density at radius 3 is 2.52 bits per heavy atom. The lowest BCUT2D eigenvalue weighted by Crippen LogP contribution is -2.37. The number of ether oxygens (including phenoxy) is 1. The van der Waals surface area contributed by atoms with E-state index in [0.717, 1.165) is 23.3 Å². The standard InChI is InChI=1S/C19H24N2O2/c1-16-9-6-7-12-18(16)23-14-8-13-20-19(22)21(2)15-17-10-4-3-5-11-17/h3-7,9-12H,8,13-15H2,1-2H3,(H,20,22). The Morgan fingerprint density at radius 2 is 1.78 bits per heavy atom. The van der Waals surface area contributed by atoms with Crippen molar-refractivity contribution in [2.45, 2.75) is 19.9 Å². The summed E-state index contributed by atoms with van der Waals surface area (Å²) in [5.41, 5.74) is 2.24. The summed E-state index contributed by atoms with van der Waals surface area (Å²) in [5.74, 6) is 0.903. The van der Waals surface area contributed by atoms with Crippen LogP contribution < -0.4 is 10.1 Å². The largest absolute Gasteiger partial charge is 0.493 e. The average molecular weight is 312 g/mol. The van der Waals surface area contributed by atoms with Crippen LogP contribution in [0.25, 0.3) is 0 Å².